The molecule has 1 unspecified atom stereocenters. The molecule has 0 bridgehead atoms. The fourth-order valence-electron chi connectivity index (χ4n) is 2.65. The Morgan fingerprint density at radius 2 is 2.21 bits per heavy atom. The number of hydrogen-bond acceptors (Lipinski definition) is 4. The number of piperazine rings is 1. The molecule has 1 heterocycles. The summed E-state index contributed by atoms with van der Waals surface area (Å²) in [5.74, 6) is 0.122. The third kappa shape index (κ3) is 3.33. The number of benzene rings is 1. The Balaban J connectivity index is 2.07. The van der Waals surface area contributed by atoms with Crippen LogP contribution in [0.15, 0.2) is 24.3 Å². The van der Waals surface area contributed by atoms with Crippen LogP contribution in [0.2, 0.25) is 0 Å². The molecule has 0 amide bonds. The van der Waals surface area contributed by atoms with Crippen LogP contribution in [0.5, 0.6) is 0 Å². The normalized spacial score (nSPS) is 20.6. The first-order valence-electron chi connectivity index (χ1n) is 6.92. The van der Waals surface area contributed by atoms with Gasteiger partial charge in [-0.3, -0.25) is 9.69 Å². The number of nitrogens with zero attached hydrogens (tertiary/aromatic N) is 2. The Labute approximate surface area is 115 Å². The molecule has 0 spiro atoms. The number of rotatable bonds is 4. The maximum atomic E-state index is 11.4. The fraction of sp³-hybridized carbons (Fsp3) is 0.533. The maximum absolute atomic E-state index is 11.4. The molecule has 1 atom stereocenters. The number of nitrogens with two attached hydrogens (primary N) is 1. The van der Waals surface area contributed by atoms with Gasteiger partial charge < -0.3 is 10.6 Å². The third-order valence-corrected chi connectivity index (χ3v) is 3.80. The Hall–Kier alpha value is -1.39. The summed E-state index contributed by atoms with van der Waals surface area (Å²) in [6, 6.07) is 8.41. The van der Waals surface area contributed by atoms with Gasteiger partial charge in [0, 0.05) is 50.0 Å². The molecule has 19 heavy (non-hydrogen) atoms. The van der Waals surface area contributed by atoms with Gasteiger partial charge in [-0.05, 0) is 26.0 Å². The van der Waals surface area contributed by atoms with Crippen LogP contribution in [0.3, 0.4) is 0 Å². The van der Waals surface area contributed by atoms with E-state index in [2.05, 4.69) is 22.8 Å². The molecule has 4 nitrogen and oxygen atoms in total. The molecule has 0 radical (unpaired) electrons. The van der Waals surface area contributed by atoms with E-state index in [9.17, 15) is 4.79 Å². The molecule has 4 heteroatoms. The lowest BCUT2D eigenvalue weighted by Gasteiger charge is -2.41. The lowest BCUT2D eigenvalue weighted by Crippen LogP contribution is -2.53. The first kappa shape index (κ1) is 14.0. The molecular weight excluding hydrogens is 238 g/mol. The summed E-state index contributed by atoms with van der Waals surface area (Å²) in [4.78, 5) is 16.2. The highest BCUT2D eigenvalue weighted by Gasteiger charge is 2.23. The SMILES string of the molecule is CC(=O)c1cccc(N2CCN(CCN)C(C)C2)c1. The summed E-state index contributed by atoms with van der Waals surface area (Å²) in [7, 11) is 0. The van der Waals surface area contributed by atoms with Crippen LogP contribution >= 0.6 is 0 Å². The number of carbonyl (C=O) groups excluding carboxylic acids is 1. The van der Waals surface area contributed by atoms with Crippen molar-refractivity contribution in [2.24, 2.45) is 5.73 Å². The smallest absolute Gasteiger partial charge is 0.159 e. The van der Waals surface area contributed by atoms with E-state index in [4.69, 9.17) is 5.73 Å². The Morgan fingerprint density at radius 1 is 1.42 bits per heavy atom. The Kier molecular flexibility index (Phi) is 4.56. The number of carbonyl (C=O) groups is 1. The first-order chi connectivity index (χ1) is 9.11. The van der Waals surface area contributed by atoms with Crippen LogP contribution in [0, 0.1) is 0 Å². The highest BCUT2D eigenvalue weighted by atomic mass is 16.1. The van der Waals surface area contributed by atoms with Crippen molar-refractivity contribution in [1.29, 1.82) is 0 Å². The molecule has 0 aromatic heterocycles. The summed E-state index contributed by atoms with van der Waals surface area (Å²) in [6.07, 6.45) is 0. The van der Waals surface area contributed by atoms with Crippen LogP contribution in [0.1, 0.15) is 24.2 Å². The monoisotopic (exact) mass is 261 g/mol. The van der Waals surface area contributed by atoms with Crippen molar-refractivity contribution < 1.29 is 4.79 Å². The van der Waals surface area contributed by atoms with Crippen molar-refractivity contribution in [3.63, 3.8) is 0 Å². The van der Waals surface area contributed by atoms with E-state index in [0.29, 0.717) is 12.6 Å². The number of hydrogen-bond donors (Lipinski definition) is 1. The molecule has 0 saturated carbocycles. The van der Waals surface area contributed by atoms with Gasteiger partial charge in [0.15, 0.2) is 5.78 Å². The summed E-state index contributed by atoms with van der Waals surface area (Å²) in [6.45, 7) is 8.53. The van der Waals surface area contributed by atoms with Gasteiger partial charge >= 0.3 is 0 Å². The van der Waals surface area contributed by atoms with Gasteiger partial charge in [0.05, 0.1) is 0 Å². The van der Waals surface area contributed by atoms with Gasteiger partial charge in [0.25, 0.3) is 0 Å². The second-order valence-corrected chi connectivity index (χ2v) is 5.23. The standard InChI is InChI=1S/C15H23N3O/c1-12-11-18(9-8-17(12)7-6-16)15-5-3-4-14(10-15)13(2)19/h3-5,10,12H,6-9,11,16H2,1-2H3. The highest BCUT2D eigenvalue weighted by molar-refractivity contribution is 5.94. The summed E-state index contributed by atoms with van der Waals surface area (Å²) in [5.41, 5.74) is 7.56. The van der Waals surface area contributed by atoms with E-state index >= 15 is 0 Å². The summed E-state index contributed by atoms with van der Waals surface area (Å²) >= 11 is 0. The van der Waals surface area contributed by atoms with Crippen molar-refractivity contribution in [2.45, 2.75) is 19.9 Å². The van der Waals surface area contributed by atoms with E-state index in [0.717, 1.165) is 37.4 Å². The largest absolute Gasteiger partial charge is 0.369 e. The van der Waals surface area contributed by atoms with Gasteiger partial charge in [-0.1, -0.05) is 12.1 Å². The quantitative estimate of drug-likeness (QED) is 0.831. The second-order valence-electron chi connectivity index (χ2n) is 5.23. The molecule has 2 N–H and O–H groups in total. The molecule has 1 fully saturated rings. The number of anilines is 1. The lowest BCUT2D eigenvalue weighted by atomic mass is 10.1. The zero-order valence-electron chi connectivity index (χ0n) is 11.8. The third-order valence-electron chi connectivity index (χ3n) is 3.80. The fourth-order valence-corrected chi connectivity index (χ4v) is 2.65. The molecule has 2 rings (SSSR count). The Bertz CT molecular complexity index is 447. The van der Waals surface area contributed by atoms with Crippen LogP contribution in [-0.2, 0) is 0 Å². The number of Topliss-reactive ketones (excluding diaryl/α,β-unsaturated/α-hetero) is 1. The zero-order chi connectivity index (χ0) is 13.8. The van der Waals surface area contributed by atoms with Gasteiger partial charge in [-0.2, -0.15) is 0 Å². The number of ketones is 1. The molecule has 1 aromatic carbocycles. The average Bonchev–Trinajstić information content (AvgIpc) is 2.41. The van der Waals surface area contributed by atoms with Gasteiger partial charge in [0.1, 0.15) is 0 Å². The van der Waals surface area contributed by atoms with Gasteiger partial charge in [0.2, 0.25) is 0 Å². The predicted molar refractivity (Wildman–Crippen MR) is 78.7 cm³/mol. The summed E-state index contributed by atoms with van der Waals surface area (Å²) < 4.78 is 0. The van der Waals surface area contributed by atoms with Crippen molar-refractivity contribution in [1.82, 2.24) is 4.90 Å². The van der Waals surface area contributed by atoms with Crippen LogP contribution in [-0.4, -0.2) is 49.4 Å². The van der Waals surface area contributed by atoms with E-state index in [1.165, 1.54) is 0 Å². The van der Waals surface area contributed by atoms with Crippen molar-refractivity contribution in [2.75, 3.05) is 37.6 Å². The second kappa shape index (κ2) is 6.17. The minimum absolute atomic E-state index is 0.122. The lowest BCUT2D eigenvalue weighted by molar-refractivity contribution is 0.101. The molecule has 1 aliphatic heterocycles. The summed E-state index contributed by atoms with van der Waals surface area (Å²) in [5, 5.41) is 0. The zero-order valence-corrected chi connectivity index (χ0v) is 11.8. The molecule has 1 aromatic rings. The van der Waals surface area contributed by atoms with E-state index < -0.39 is 0 Å². The molecular formula is C15H23N3O. The van der Waals surface area contributed by atoms with Crippen molar-refractivity contribution in [3.05, 3.63) is 29.8 Å². The molecule has 0 aliphatic carbocycles. The average molecular weight is 261 g/mol. The van der Waals surface area contributed by atoms with Crippen molar-refractivity contribution >= 4 is 11.5 Å². The Morgan fingerprint density at radius 3 is 2.84 bits per heavy atom. The topological polar surface area (TPSA) is 49.6 Å². The van der Waals surface area contributed by atoms with Crippen LogP contribution in [0.25, 0.3) is 0 Å². The highest BCUT2D eigenvalue weighted by Crippen LogP contribution is 2.20. The predicted octanol–water partition coefficient (Wildman–Crippen LogP) is 1.36. The molecule has 1 aliphatic rings. The van der Waals surface area contributed by atoms with Crippen LogP contribution < -0.4 is 10.6 Å². The first-order valence-corrected chi connectivity index (χ1v) is 6.92. The van der Waals surface area contributed by atoms with E-state index in [1.807, 2.05) is 18.2 Å². The maximum Gasteiger partial charge on any atom is 0.159 e. The van der Waals surface area contributed by atoms with E-state index in [1.54, 1.807) is 6.92 Å². The van der Waals surface area contributed by atoms with Gasteiger partial charge in [-0.25, -0.2) is 0 Å². The minimum Gasteiger partial charge on any atom is -0.369 e. The molecule has 104 valence electrons. The minimum atomic E-state index is 0.122. The van der Waals surface area contributed by atoms with Crippen molar-refractivity contribution in [3.8, 4) is 0 Å². The van der Waals surface area contributed by atoms with Gasteiger partial charge in [-0.15, -0.1) is 0 Å². The van der Waals surface area contributed by atoms with Crippen LogP contribution in [0.4, 0.5) is 5.69 Å². The van der Waals surface area contributed by atoms with E-state index in [-0.39, 0.29) is 5.78 Å². The molecule has 1 saturated heterocycles.